The summed E-state index contributed by atoms with van der Waals surface area (Å²) < 4.78 is 43.2. The van der Waals surface area contributed by atoms with Crippen molar-refractivity contribution in [3.8, 4) is 0 Å². The molecule has 1 aromatic rings. The van der Waals surface area contributed by atoms with E-state index in [1.807, 2.05) is 0 Å². The molecule has 0 aliphatic carbocycles. The third kappa shape index (κ3) is 2.96. The van der Waals surface area contributed by atoms with E-state index < -0.39 is 23.8 Å². The highest BCUT2D eigenvalue weighted by Gasteiger charge is 2.25. The molecule has 1 aromatic heterocycles. The summed E-state index contributed by atoms with van der Waals surface area (Å²) in [6.07, 6.45) is -2.42. The summed E-state index contributed by atoms with van der Waals surface area (Å²) in [7, 11) is 0. The summed E-state index contributed by atoms with van der Waals surface area (Å²) in [5.41, 5.74) is -1.29. The van der Waals surface area contributed by atoms with Gasteiger partial charge in [0.2, 0.25) is 0 Å². The Morgan fingerprint density at radius 2 is 2.24 bits per heavy atom. The van der Waals surface area contributed by atoms with Gasteiger partial charge in [0, 0.05) is 10.9 Å². The summed E-state index contributed by atoms with van der Waals surface area (Å²) in [6.45, 7) is 1.66. The van der Waals surface area contributed by atoms with Crippen molar-refractivity contribution in [3.05, 3.63) is 28.8 Å². The number of rotatable bonds is 4. The highest BCUT2D eigenvalue weighted by atomic mass is 79.9. The molecule has 3 nitrogen and oxygen atoms in total. The van der Waals surface area contributed by atoms with Gasteiger partial charge in [-0.2, -0.15) is 0 Å². The minimum absolute atomic E-state index is 0.0869. The zero-order valence-electron chi connectivity index (χ0n) is 8.84. The predicted octanol–water partition coefficient (Wildman–Crippen LogP) is 3.23. The SMILES string of the molecule is CCOC(=O)c1ncc(F)c(C(F)F)c1CBr. The largest absolute Gasteiger partial charge is 0.461 e. The molecule has 94 valence electrons. The second-order valence-electron chi connectivity index (χ2n) is 3.00. The van der Waals surface area contributed by atoms with Gasteiger partial charge in [-0.05, 0) is 6.92 Å². The Bertz CT molecular complexity index is 426. The molecule has 0 aliphatic rings. The quantitative estimate of drug-likeness (QED) is 0.633. The van der Waals surface area contributed by atoms with Crippen molar-refractivity contribution in [3.63, 3.8) is 0 Å². The molecule has 1 rings (SSSR count). The Balaban J connectivity index is 3.32. The fourth-order valence-electron chi connectivity index (χ4n) is 1.29. The average Bonchev–Trinajstić information content (AvgIpc) is 2.27. The highest BCUT2D eigenvalue weighted by Crippen LogP contribution is 2.29. The second-order valence-corrected chi connectivity index (χ2v) is 3.56. The molecule has 0 saturated heterocycles. The molecule has 1 heterocycles. The summed E-state index contributed by atoms with van der Waals surface area (Å²) in [6, 6.07) is 0. The fourth-order valence-corrected chi connectivity index (χ4v) is 1.85. The maximum Gasteiger partial charge on any atom is 0.357 e. The molecular formula is C10H9BrF3NO2. The first-order valence-electron chi connectivity index (χ1n) is 4.71. The van der Waals surface area contributed by atoms with E-state index in [2.05, 4.69) is 25.7 Å². The minimum Gasteiger partial charge on any atom is -0.461 e. The van der Waals surface area contributed by atoms with Crippen molar-refractivity contribution in [1.82, 2.24) is 4.98 Å². The summed E-state index contributed by atoms with van der Waals surface area (Å²) in [4.78, 5) is 14.9. The van der Waals surface area contributed by atoms with Crippen LogP contribution in [0.15, 0.2) is 6.20 Å². The Hall–Kier alpha value is -1.11. The van der Waals surface area contributed by atoms with Gasteiger partial charge in [-0.15, -0.1) is 0 Å². The maximum absolute atomic E-state index is 13.2. The Morgan fingerprint density at radius 1 is 1.59 bits per heavy atom. The van der Waals surface area contributed by atoms with E-state index in [4.69, 9.17) is 0 Å². The number of aromatic nitrogens is 1. The number of ether oxygens (including phenoxy) is 1. The van der Waals surface area contributed by atoms with Crippen LogP contribution < -0.4 is 0 Å². The van der Waals surface area contributed by atoms with Gasteiger partial charge in [0.15, 0.2) is 11.5 Å². The van der Waals surface area contributed by atoms with Crippen LogP contribution in [-0.2, 0) is 10.1 Å². The molecule has 17 heavy (non-hydrogen) atoms. The first-order chi connectivity index (χ1) is 8.02. The van der Waals surface area contributed by atoms with Crippen LogP contribution in [0.25, 0.3) is 0 Å². The lowest BCUT2D eigenvalue weighted by atomic mass is 10.1. The van der Waals surface area contributed by atoms with Crippen molar-refractivity contribution < 1.29 is 22.7 Å². The zero-order valence-corrected chi connectivity index (χ0v) is 10.4. The molecule has 0 saturated carbocycles. The molecular weight excluding hydrogens is 303 g/mol. The zero-order chi connectivity index (χ0) is 13.0. The molecule has 0 N–H and O–H groups in total. The normalized spacial score (nSPS) is 10.7. The number of carbonyl (C=O) groups excluding carboxylic acids is 1. The third-order valence-electron chi connectivity index (χ3n) is 2.00. The number of hydrogen-bond donors (Lipinski definition) is 0. The Kier molecular flexibility index (Phi) is 4.92. The average molecular weight is 312 g/mol. The Morgan fingerprint density at radius 3 is 2.71 bits per heavy atom. The molecule has 0 aromatic carbocycles. The first kappa shape index (κ1) is 14.0. The number of nitrogens with zero attached hydrogens (tertiary/aromatic N) is 1. The fraction of sp³-hybridized carbons (Fsp3) is 0.400. The number of pyridine rings is 1. The topological polar surface area (TPSA) is 39.2 Å². The number of esters is 1. The van der Waals surface area contributed by atoms with Crippen LogP contribution in [0.4, 0.5) is 13.2 Å². The van der Waals surface area contributed by atoms with E-state index in [0.717, 1.165) is 0 Å². The van der Waals surface area contributed by atoms with Crippen LogP contribution in [0.2, 0.25) is 0 Å². The van der Waals surface area contributed by atoms with Crippen LogP contribution in [0, 0.1) is 5.82 Å². The van der Waals surface area contributed by atoms with Gasteiger partial charge in [-0.1, -0.05) is 15.9 Å². The van der Waals surface area contributed by atoms with Crippen molar-refractivity contribution in [1.29, 1.82) is 0 Å². The number of alkyl halides is 3. The molecule has 0 spiro atoms. The van der Waals surface area contributed by atoms with Crippen LogP contribution in [-0.4, -0.2) is 17.6 Å². The molecule has 7 heteroatoms. The van der Waals surface area contributed by atoms with Crippen molar-refractivity contribution in [2.75, 3.05) is 6.61 Å². The first-order valence-corrected chi connectivity index (χ1v) is 5.83. The van der Waals surface area contributed by atoms with E-state index >= 15 is 0 Å². The number of carbonyl (C=O) groups is 1. The molecule has 0 bridgehead atoms. The van der Waals surface area contributed by atoms with Gasteiger partial charge in [-0.3, -0.25) is 0 Å². The van der Waals surface area contributed by atoms with E-state index in [1.54, 1.807) is 6.92 Å². The van der Waals surface area contributed by atoms with Crippen LogP contribution in [0.1, 0.15) is 35.0 Å². The van der Waals surface area contributed by atoms with Crippen LogP contribution in [0.5, 0.6) is 0 Å². The van der Waals surface area contributed by atoms with E-state index in [-0.39, 0.29) is 23.2 Å². The lowest BCUT2D eigenvalue weighted by molar-refractivity contribution is 0.0517. The maximum atomic E-state index is 13.2. The monoisotopic (exact) mass is 311 g/mol. The van der Waals surface area contributed by atoms with Gasteiger partial charge < -0.3 is 4.74 Å². The lowest BCUT2D eigenvalue weighted by Crippen LogP contribution is -2.13. The van der Waals surface area contributed by atoms with Gasteiger partial charge in [0.1, 0.15) is 0 Å². The highest BCUT2D eigenvalue weighted by molar-refractivity contribution is 9.08. The van der Waals surface area contributed by atoms with Gasteiger partial charge in [-0.25, -0.2) is 22.9 Å². The Labute approximate surface area is 104 Å². The smallest absolute Gasteiger partial charge is 0.357 e. The second kappa shape index (κ2) is 6.00. The molecule has 0 unspecified atom stereocenters. The van der Waals surface area contributed by atoms with Crippen LogP contribution in [0.3, 0.4) is 0 Å². The van der Waals surface area contributed by atoms with E-state index in [1.165, 1.54) is 0 Å². The number of halogens is 4. The summed E-state index contributed by atoms with van der Waals surface area (Å²) in [5.74, 6) is -1.98. The van der Waals surface area contributed by atoms with Crippen molar-refractivity contribution in [2.45, 2.75) is 18.7 Å². The summed E-state index contributed by atoms with van der Waals surface area (Å²) in [5, 5.41) is -0.106. The lowest BCUT2D eigenvalue weighted by Gasteiger charge is -2.11. The molecule has 0 amide bonds. The number of hydrogen-bond acceptors (Lipinski definition) is 3. The molecule has 0 radical (unpaired) electrons. The minimum atomic E-state index is -3.02. The summed E-state index contributed by atoms with van der Waals surface area (Å²) >= 11 is 2.93. The van der Waals surface area contributed by atoms with Crippen LogP contribution >= 0.6 is 15.9 Å². The predicted molar refractivity (Wildman–Crippen MR) is 57.7 cm³/mol. The third-order valence-corrected chi connectivity index (χ3v) is 2.56. The van der Waals surface area contributed by atoms with E-state index in [9.17, 15) is 18.0 Å². The van der Waals surface area contributed by atoms with Crippen molar-refractivity contribution in [2.24, 2.45) is 0 Å². The molecule has 0 aliphatic heterocycles. The van der Waals surface area contributed by atoms with Gasteiger partial charge in [0.05, 0.1) is 18.4 Å². The van der Waals surface area contributed by atoms with E-state index in [0.29, 0.717) is 6.20 Å². The van der Waals surface area contributed by atoms with Gasteiger partial charge in [0.25, 0.3) is 6.43 Å². The van der Waals surface area contributed by atoms with Crippen molar-refractivity contribution >= 4 is 21.9 Å². The standard InChI is InChI=1S/C10H9BrF3NO2/c1-2-17-10(16)8-5(3-11)7(9(13)14)6(12)4-15-8/h4,9H,2-3H2,1H3. The van der Waals surface area contributed by atoms with Gasteiger partial charge >= 0.3 is 5.97 Å². The molecule has 0 fully saturated rings. The molecule has 0 atom stereocenters.